The normalized spacial score (nSPS) is 12.9. The highest BCUT2D eigenvalue weighted by Crippen LogP contribution is 2.43. The zero-order chi connectivity index (χ0) is 40.0. The van der Waals surface area contributed by atoms with Crippen LogP contribution in [0.2, 0.25) is 0 Å². The molecule has 13 rings (SSSR count). The smallest absolute Gasteiger partial charge is 0.0619 e. The molecule has 61 heavy (non-hydrogen) atoms. The lowest BCUT2D eigenvalue weighted by atomic mass is 9.94. The highest BCUT2D eigenvalue weighted by atomic mass is 32.1. The van der Waals surface area contributed by atoms with Crippen LogP contribution in [0.4, 0.5) is 0 Å². The minimum Gasteiger partial charge on any atom is -0.308 e. The van der Waals surface area contributed by atoms with Gasteiger partial charge in [-0.15, -0.1) is 22.7 Å². The molecule has 0 aliphatic heterocycles. The van der Waals surface area contributed by atoms with E-state index in [1.807, 2.05) is 22.7 Å². The zero-order valence-electron chi connectivity index (χ0n) is 33.2. The second-order valence-corrected chi connectivity index (χ2v) is 18.4. The molecule has 9 aromatic carbocycles. The van der Waals surface area contributed by atoms with Crippen LogP contribution >= 0.6 is 22.7 Å². The van der Waals surface area contributed by atoms with Crippen LogP contribution in [0.3, 0.4) is 0 Å². The van der Waals surface area contributed by atoms with Gasteiger partial charge >= 0.3 is 0 Å². The number of nitrogens with zero attached hydrogens (tertiary/aromatic N) is 1. The van der Waals surface area contributed by atoms with Crippen LogP contribution in [0.5, 0.6) is 0 Å². The molecule has 3 heteroatoms. The molecule has 0 spiro atoms. The maximum atomic E-state index is 2.61. The van der Waals surface area contributed by atoms with Gasteiger partial charge in [0.25, 0.3) is 0 Å². The minimum absolute atomic E-state index is 0.986. The highest BCUT2D eigenvalue weighted by Gasteiger charge is 2.23. The van der Waals surface area contributed by atoms with Gasteiger partial charge in [0.1, 0.15) is 0 Å². The number of hydrogen-bond donors (Lipinski definition) is 0. The van der Waals surface area contributed by atoms with E-state index in [0.717, 1.165) is 12.8 Å². The average molecular weight is 812 g/mol. The van der Waals surface area contributed by atoms with E-state index in [9.17, 15) is 0 Å². The number of thiophene rings is 2. The third-order valence-corrected chi connectivity index (χ3v) is 15.3. The summed E-state index contributed by atoms with van der Waals surface area (Å²) < 4.78 is 7.99. The number of hydrogen-bond acceptors (Lipinski definition) is 2. The van der Waals surface area contributed by atoms with Crippen LogP contribution in [0.25, 0.3) is 113 Å². The lowest BCUT2D eigenvalue weighted by Crippen LogP contribution is -2.33. The summed E-state index contributed by atoms with van der Waals surface area (Å²) in [6.45, 7) is 0. The van der Waals surface area contributed by atoms with Gasteiger partial charge in [-0.05, 0) is 87.3 Å². The van der Waals surface area contributed by atoms with Crippen molar-refractivity contribution in [2.75, 3.05) is 0 Å². The number of para-hydroxylation sites is 1. The van der Waals surface area contributed by atoms with Crippen molar-refractivity contribution in [3.8, 4) is 39.1 Å². The maximum absolute atomic E-state index is 2.61. The first-order chi connectivity index (χ1) is 30.2. The minimum atomic E-state index is 0.986. The molecule has 12 aromatic rings. The molecule has 286 valence electrons. The summed E-state index contributed by atoms with van der Waals surface area (Å²) in [5.74, 6) is 0. The molecule has 3 aromatic heterocycles. The van der Waals surface area contributed by atoms with Crippen molar-refractivity contribution in [1.29, 1.82) is 0 Å². The summed E-state index contributed by atoms with van der Waals surface area (Å²) in [4.78, 5) is 0. The van der Waals surface area contributed by atoms with Gasteiger partial charge in [-0.2, -0.15) is 0 Å². The third-order valence-electron chi connectivity index (χ3n) is 12.9. The highest BCUT2D eigenvalue weighted by molar-refractivity contribution is 7.26. The Kier molecular flexibility index (Phi) is 7.84. The lowest BCUT2D eigenvalue weighted by Gasteiger charge is -2.16. The monoisotopic (exact) mass is 811 g/mol. The van der Waals surface area contributed by atoms with Crippen molar-refractivity contribution >= 4 is 96.3 Å². The molecule has 0 saturated heterocycles. The molecule has 1 aliphatic carbocycles. The van der Waals surface area contributed by atoms with Gasteiger partial charge in [-0.3, -0.25) is 0 Å². The largest absolute Gasteiger partial charge is 0.308 e. The predicted octanol–water partition coefficient (Wildman–Crippen LogP) is 15.3. The Balaban J connectivity index is 1.04. The number of benzene rings is 9. The van der Waals surface area contributed by atoms with Crippen molar-refractivity contribution in [1.82, 2.24) is 4.57 Å². The predicted molar refractivity (Wildman–Crippen MR) is 265 cm³/mol. The Morgan fingerprint density at radius 3 is 1.62 bits per heavy atom. The molecule has 0 bridgehead atoms. The first-order valence-electron chi connectivity index (χ1n) is 21.1. The van der Waals surface area contributed by atoms with Gasteiger partial charge in [-0.1, -0.05) is 170 Å². The fourth-order valence-electron chi connectivity index (χ4n) is 10.1. The fourth-order valence-corrected chi connectivity index (χ4v) is 12.5. The van der Waals surface area contributed by atoms with Crippen LogP contribution in [0, 0.1) is 0 Å². The molecule has 0 unspecified atom stereocenters. The van der Waals surface area contributed by atoms with E-state index >= 15 is 0 Å². The van der Waals surface area contributed by atoms with Crippen molar-refractivity contribution in [3.05, 3.63) is 210 Å². The summed E-state index contributed by atoms with van der Waals surface area (Å²) in [7, 11) is 0. The standard InChI is InChI=1S/C58H37NS2/c1-2-12-40-35-41(30-29-36(40)11-1)39-27-25-37(26-28-39)38-31-33-42(34-32-38)59-55-45(15-7-17-47(55)51-21-9-19-49-43-13-3-5-23-53(43)60-57(49)51)46-16-8-18-48(56(46)59)52-22-10-20-50-44-14-4-6-24-54(44)61-58(50)52/h1-7,9-17,19-35H,8,18H2. The SMILES string of the molecule is C1=c2c(n(-c3ccc(-c4ccc(-c5ccc6ccccc6c5)cc4)cc3)c3c(-c4cccc5c4sc4ccccc45)cccc23)=C(c2cccc3c2sc2ccccc23)CC1. The molecule has 1 aliphatic rings. The Morgan fingerprint density at radius 2 is 0.918 bits per heavy atom. The molecule has 0 amide bonds. The van der Waals surface area contributed by atoms with E-state index in [2.05, 4.69) is 205 Å². The van der Waals surface area contributed by atoms with Crippen molar-refractivity contribution in [2.45, 2.75) is 12.8 Å². The van der Waals surface area contributed by atoms with Crippen molar-refractivity contribution < 1.29 is 0 Å². The average Bonchev–Trinajstić information content (AvgIpc) is 4.02. The van der Waals surface area contributed by atoms with E-state index in [-0.39, 0.29) is 0 Å². The topological polar surface area (TPSA) is 4.93 Å². The van der Waals surface area contributed by atoms with Crippen LogP contribution < -0.4 is 10.6 Å². The van der Waals surface area contributed by atoms with Crippen molar-refractivity contribution in [3.63, 3.8) is 0 Å². The van der Waals surface area contributed by atoms with Gasteiger partial charge < -0.3 is 4.57 Å². The van der Waals surface area contributed by atoms with Gasteiger partial charge in [0.15, 0.2) is 0 Å². The Bertz CT molecular complexity index is 3860. The van der Waals surface area contributed by atoms with Crippen LogP contribution in [-0.2, 0) is 0 Å². The fraction of sp³-hybridized carbons (Fsp3) is 0.0345. The summed E-state index contributed by atoms with van der Waals surface area (Å²) in [5.41, 5.74) is 12.7. The summed E-state index contributed by atoms with van der Waals surface area (Å²) in [5, 5.41) is 11.8. The summed E-state index contributed by atoms with van der Waals surface area (Å²) >= 11 is 3.84. The summed E-state index contributed by atoms with van der Waals surface area (Å²) in [6, 6.07) is 72.2. The number of fused-ring (bicyclic) bond motifs is 10. The van der Waals surface area contributed by atoms with Crippen LogP contribution in [0.15, 0.2) is 194 Å². The van der Waals surface area contributed by atoms with E-state index < -0.39 is 0 Å². The lowest BCUT2D eigenvalue weighted by molar-refractivity contribution is 1.00. The molecule has 0 N–H and O–H groups in total. The molecule has 0 atom stereocenters. The van der Waals surface area contributed by atoms with E-state index in [1.165, 1.54) is 123 Å². The molecule has 0 saturated carbocycles. The maximum Gasteiger partial charge on any atom is 0.0619 e. The van der Waals surface area contributed by atoms with Crippen molar-refractivity contribution in [2.24, 2.45) is 0 Å². The Hall–Kier alpha value is -7.04. The molecule has 0 fully saturated rings. The van der Waals surface area contributed by atoms with E-state index in [0.29, 0.717) is 0 Å². The molecular formula is C58H37NS2. The Morgan fingerprint density at radius 1 is 0.393 bits per heavy atom. The van der Waals surface area contributed by atoms with Crippen LogP contribution in [-0.4, -0.2) is 4.57 Å². The van der Waals surface area contributed by atoms with Crippen LogP contribution in [0.1, 0.15) is 18.4 Å². The second-order valence-electron chi connectivity index (χ2n) is 16.3. The van der Waals surface area contributed by atoms with Gasteiger partial charge in [-0.25, -0.2) is 0 Å². The summed E-state index contributed by atoms with van der Waals surface area (Å²) in [6.07, 6.45) is 4.49. The van der Waals surface area contributed by atoms with E-state index in [4.69, 9.17) is 0 Å². The Labute approximate surface area is 361 Å². The first-order valence-corrected chi connectivity index (χ1v) is 22.8. The molecule has 0 radical (unpaired) electrons. The first kappa shape index (κ1) is 34.8. The number of rotatable bonds is 5. The molecule has 1 nitrogen and oxygen atoms in total. The quantitative estimate of drug-likeness (QED) is 0.163. The van der Waals surface area contributed by atoms with E-state index in [1.54, 1.807) is 0 Å². The zero-order valence-corrected chi connectivity index (χ0v) is 34.9. The van der Waals surface area contributed by atoms with Gasteiger partial charge in [0.05, 0.1) is 10.9 Å². The third kappa shape index (κ3) is 5.44. The number of aromatic nitrogens is 1. The molecular weight excluding hydrogens is 775 g/mol. The van der Waals surface area contributed by atoms with Gasteiger partial charge in [0, 0.05) is 67.8 Å². The second kappa shape index (κ2) is 13.8. The molecule has 3 heterocycles. The van der Waals surface area contributed by atoms with Gasteiger partial charge in [0.2, 0.25) is 0 Å².